The maximum absolute atomic E-state index is 5.95. The van der Waals surface area contributed by atoms with E-state index in [0.717, 1.165) is 12.1 Å². The number of nitrogens with zero attached hydrogens (tertiary/aromatic N) is 5. The van der Waals surface area contributed by atoms with Crippen LogP contribution >= 0.6 is 11.6 Å². The topological polar surface area (TPSA) is 68.5 Å². The Labute approximate surface area is 126 Å². The first kappa shape index (κ1) is 13.5. The van der Waals surface area contributed by atoms with Crippen molar-refractivity contribution in [3.8, 4) is 5.95 Å². The van der Waals surface area contributed by atoms with Gasteiger partial charge in [0.05, 0.1) is 0 Å². The van der Waals surface area contributed by atoms with E-state index < -0.39 is 0 Å². The number of aromatic nitrogens is 5. The molecule has 2 aromatic heterocycles. The molecule has 1 N–H and O–H groups in total. The Balaban J connectivity index is 1.91. The molecule has 0 amide bonds. The average molecular weight is 301 g/mol. The highest BCUT2D eigenvalue weighted by molar-refractivity contribution is 6.28. The number of hydrogen-bond donors (Lipinski definition) is 1. The van der Waals surface area contributed by atoms with Gasteiger partial charge in [0.2, 0.25) is 11.2 Å². The predicted octanol–water partition coefficient (Wildman–Crippen LogP) is 3.02. The van der Waals surface area contributed by atoms with Crippen LogP contribution in [0.25, 0.3) is 5.95 Å². The molecule has 0 aliphatic heterocycles. The van der Waals surface area contributed by atoms with E-state index in [-0.39, 0.29) is 5.28 Å². The highest BCUT2D eigenvalue weighted by atomic mass is 35.5. The number of benzene rings is 1. The van der Waals surface area contributed by atoms with Crippen LogP contribution in [0.5, 0.6) is 0 Å². The summed E-state index contributed by atoms with van der Waals surface area (Å²) >= 11 is 5.95. The van der Waals surface area contributed by atoms with Crippen molar-refractivity contribution in [2.45, 2.75) is 13.3 Å². The standard InChI is InChI=1S/C14H13ClN6/c1-2-10-5-3-6-11(9-10)17-13-18-12(15)19-14(20-13)21-8-4-7-16-21/h3-9H,2H2,1H3,(H,17,18,19,20). The monoisotopic (exact) mass is 300 g/mol. The fourth-order valence-corrected chi connectivity index (χ4v) is 2.04. The van der Waals surface area contributed by atoms with Crippen LogP contribution in [0.3, 0.4) is 0 Å². The molecule has 0 saturated carbocycles. The van der Waals surface area contributed by atoms with Gasteiger partial charge < -0.3 is 5.32 Å². The smallest absolute Gasteiger partial charge is 0.256 e. The van der Waals surface area contributed by atoms with Crippen molar-refractivity contribution in [2.24, 2.45) is 0 Å². The number of nitrogens with one attached hydrogen (secondary N) is 1. The van der Waals surface area contributed by atoms with Gasteiger partial charge in [-0.05, 0) is 41.8 Å². The zero-order chi connectivity index (χ0) is 14.7. The zero-order valence-corrected chi connectivity index (χ0v) is 12.1. The number of rotatable bonds is 4. The normalized spacial score (nSPS) is 10.6. The number of anilines is 2. The molecule has 0 fully saturated rings. The van der Waals surface area contributed by atoms with E-state index in [2.05, 4.69) is 38.4 Å². The van der Waals surface area contributed by atoms with Gasteiger partial charge in [0.15, 0.2) is 0 Å². The van der Waals surface area contributed by atoms with Gasteiger partial charge in [0, 0.05) is 18.1 Å². The lowest BCUT2D eigenvalue weighted by Crippen LogP contribution is -2.07. The van der Waals surface area contributed by atoms with Crippen LogP contribution in [0.2, 0.25) is 5.28 Å². The van der Waals surface area contributed by atoms with Crippen molar-refractivity contribution in [2.75, 3.05) is 5.32 Å². The van der Waals surface area contributed by atoms with E-state index >= 15 is 0 Å². The van der Waals surface area contributed by atoms with Gasteiger partial charge in [-0.1, -0.05) is 19.1 Å². The Morgan fingerprint density at radius 3 is 2.86 bits per heavy atom. The number of aryl methyl sites for hydroxylation is 1. The van der Waals surface area contributed by atoms with Gasteiger partial charge in [0.1, 0.15) is 0 Å². The van der Waals surface area contributed by atoms with Crippen LogP contribution < -0.4 is 5.32 Å². The molecular formula is C14H13ClN6. The van der Waals surface area contributed by atoms with Crippen molar-refractivity contribution in [1.29, 1.82) is 0 Å². The van der Waals surface area contributed by atoms with Crippen molar-refractivity contribution >= 4 is 23.2 Å². The predicted molar refractivity (Wildman–Crippen MR) is 81.1 cm³/mol. The summed E-state index contributed by atoms with van der Waals surface area (Å²) in [6.07, 6.45) is 4.36. The third-order valence-electron chi connectivity index (χ3n) is 2.90. The summed E-state index contributed by atoms with van der Waals surface area (Å²) < 4.78 is 1.53. The minimum atomic E-state index is 0.115. The van der Waals surface area contributed by atoms with Crippen molar-refractivity contribution in [3.63, 3.8) is 0 Å². The molecule has 0 spiro atoms. The van der Waals surface area contributed by atoms with Crippen LogP contribution in [0.4, 0.5) is 11.6 Å². The van der Waals surface area contributed by atoms with E-state index in [4.69, 9.17) is 11.6 Å². The van der Waals surface area contributed by atoms with Crippen LogP contribution in [0.1, 0.15) is 12.5 Å². The van der Waals surface area contributed by atoms with Gasteiger partial charge in [-0.3, -0.25) is 0 Å². The molecule has 3 aromatic rings. The van der Waals surface area contributed by atoms with E-state index in [1.807, 2.05) is 18.2 Å². The maximum atomic E-state index is 5.95. The minimum Gasteiger partial charge on any atom is -0.324 e. The molecule has 0 aliphatic rings. The van der Waals surface area contributed by atoms with Crippen LogP contribution in [-0.4, -0.2) is 24.7 Å². The summed E-state index contributed by atoms with van der Waals surface area (Å²) in [6.45, 7) is 2.11. The molecule has 0 radical (unpaired) electrons. The molecule has 1 aromatic carbocycles. The minimum absolute atomic E-state index is 0.115. The Hall–Kier alpha value is -2.47. The van der Waals surface area contributed by atoms with Crippen molar-refractivity contribution in [1.82, 2.24) is 24.7 Å². The molecule has 6 nitrogen and oxygen atoms in total. The Kier molecular flexibility index (Phi) is 3.79. The lowest BCUT2D eigenvalue weighted by molar-refractivity contribution is 0.798. The summed E-state index contributed by atoms with van der Waals surface area (Å²) in [5, 5.41) is 7.33. The van der Waals surface area contributed by atoms with Gasteiger partial charge in [-0.15, -0.1) is 0 Å². The van der Waals surface area contributed by atoms with Gasteiger partial charge in [0.25, 0.3) is 5.95 Å². The first-order valence-corrected chi connectivity index (χ1v) is 6.90. The number of halogens is 1. The summed E-state index contributed by atoms with van der Waals surface area (Å²) in [4.78, 5) is 12.5. The first-order valence-electron chi connectivity index (χ1n) is 6.52. The van der Waals surface area contributed by atoms with E-state index in [9.17, 15) is 0 Å². The van der Waals surface area contributed by atoms with E-state index in [1.54, 1.807) is 18.5 Å². The molecule has 106 valence electrons. The Morgan fingerprint density at radius 1 is 1.19 bits per heavy atom. The molecular weight excluding hydrogens is 288 g/mol. The summed E-state index contributed by atoms with van der Waals surface area (Å²) in [5.41, 5.74) is 2.13. The lowest BCUT2D eigenvalue weighted by Gasteiger charge is -2.07. The second-order valence-corrected chi connectivity index (χ2v) is 4.70. The molecule has 21 heavy (non-hydrogen) atoms. The second-order valence-electron chi connectivity index (χ2n) is 4.36. The summed E-state index contributed by atoms with van der Waals surface area (Å²) in [5.74, 6) is 0.753. The molecule has 2 heterocycles. The van der Waals surface area contributed by atoms with Crippen LogP contribution in [0, 0.1) is 0 Å². The number of hydrogen-bond acceptors (Lipinski definition) is 5. The average Bonchev–Trinajstić information content (AvgIpc) is 3.01. The SMILES string of the molecule is CCc1cccc(Nc2nc(Cl)nc(-n3cccn3)n2)c1. The summed E-state index contributed by atoms with van der Waals surface area (Å²) in [6, 6.07) is 9.84. The third-order valence-corrected chi connectivity index (χ3v) is 3.07. The van der Waals surface area contributed by atoms with Crippen LogP contribution in [0.15, 0.2) is 42.7 Å². The highest BCUT2D eigenvalue weighted by Crippen LogP contribution is 2.17. The van der Waals surface area contributed by atoms with Gasteiger partial charge >= 0.3 is 0 Å². The quantitative estimate of drug-likeness (QED) is 0.802. The molecule has 0 unspecified atom stereocenters. The van der Waals surface area contributed by atoms with Crippen LogP contribution in [-0.2, 0) is 6.42 Å². The second kappa shape index (κ2) is 5.88. The van der Waals surface area contributed by atoms with E-state index in [1.165, 1.54) is 10.2 Å². The van der Waals surface area contributed by atoms with E-state index in [0.29, 0.717) is 11.9 Å². The molecule has 7 heteroatoms. The lowest BCUT2D eigenvalue weighted by atomic mass is 10.1. The fraction of sp³-hybridized carbons (Fsp3) is 0.143. The maximum Gasteiger partial charge on any atom is 0.256 e. The van der Waals surface area contributed by atoms with Gasteiger partial charge in [-0.2, -0.15) is 20.1 Å². The Morgan fingerprint density at radius 2 is 2.10 bits per heavy atom. The molecule has 0 saturated heterocycles. The Bertz CT molecular complexity index is 741. The largest absolute Gasteiger partial charge is 0.324 e. The summed E-state index contributed by atoms with van der Waals surface area (Å²) in [7, 11) is 0. The third kappa shape index (κ3) is 3.17. The van der Waals surface area contributed by atoms with Crippen molar-refractivity contribution < 1.29 is 0 Å². The fourth-order valence-electron chi connectivity index (χ4n) is 1.88. The van der Waals surface area contributed by atoms with Crippen molar-refractivity contribution in [3.05, 3.63) is 53.6 Å². The first-order chi connectivity index (χ1) is 10.2. The highest BCUT2D eigenvalue weighted by Gasteiger charge is 2.07. The zero-order valence-electron chi connectivity index (χ0n) is 11.4. The molecule has 0 bridgehead atoms. The molecule has 3 rings (SSSR count). The van der Waals surface area contributed by atoms with Gasteiger partial charge in [-0.25, -0.2) is 4.68 Å². The molecule has 0 atom stereocenters. The molecule has 0 aliphatic carbocycles.